The van der Waals surface area contributed by atoms with Crippen LogP contribution in [0, 0.1) is 11.7 Å². The molecule has 0 spiro atoms. The first-order valence-corrected chi connectivity index (χ1v) is 9.04. The third-order valence-electron chi connectivity index (χ3n) is 4.02. The molecule has 0 fully saturated rings. The standard InChI is InChI=1S/C18H20FN3O2S/c1-18(2,3)14-8-15(23)22-9-11(10-25-17(22)21-14)16(24)20-13-6-4-5-12(19)7-13/h4-8,11H,9-10H2,1-3H3,(H,20,24). The molecule has 1 aliphatic rings. The van der Waals surface area contributed by atoms with E-state index in [9.17, 15) is 14.0 Å². The average Bonchev–Trinajstić information content (AvgIpc) is 2.53. The first kappa shape index (κ1) is 17.7. The van der Waals surface area contributed by atoms with Gasteiger partial charge >= 0.3 is 0 Å². The van der Waals surface area contributed by atoms with Crippen molar-refractivity contribution in [1.29, 1.82) is 0 Å². The van der Waals surface area contributed by atoms with E-state index in [1.807, 2.05) is 20.8 Å². The molecule has 132 valence electrons. The number of fused-ring (bicyclic) bond motifs is 1. The molecule has 2 heterocycles. The number of carbonyl (C=O) groups excluding carboxylic acids is 1. The van der Waals surface area contributed by atoms with Gasteiger partial charge in [-0.05, 0) is 18.2 Å². The number of hydrogen-bond acceptors (Lipinski definition) is 4. The molecule has 1 aromatic carbocycles. The Bertz CT molecular complexity index is 873. The maximum Gasteiger partial charge on any atom is 0.254 e. The van der Waals surface area contributed by atoms with Gasteiger partial charge in [0.15, 0.2) is 5.16 Å². The number of nitrogens with zero attached hydrogens (tertiary/aromatic N) is 2. The smallest absolute Gasteiger partial charge is 0.254 e. The first-order valence-electron chi connectivity index (χ1n) is 8.05. The van der Waals surface area contributed by atoms with E-state index in [2.05, 4.69) is 10.3 Å². The summed E-state index contributed by atoms with van der Waals surface area (Å²) in [5.41, 5.74) is 0.805. The zero-order valence-corrected chi connectivity index (χ0v) is 15.2. The van der Waals surface area contributed by atoms with Gasteiger partial charge in [0, 0.05) is 29.5 Å². The van der Waals surface area contributed by atoms with Crippen molar-refractivity contribution in [3.05, 3.63) is 52.2 Å². The Morgan fingerprint density at radius 2 is 2.12 bits per heavy atom. The van der Waals surface area contributed by atoms with E-state index < -0.39 is 5.82 Å². The number of amides is 1. The molecule has 1 atom stereocenters. The van der Waals surface area contributed by atoms with Gasteiger partial charge in [0.25, 0.3) is 5.56 Å². The minimum absolute atomic E-state index is 0.148. The van der Waals surface area contributed by atoms with Gasteiger partial charge in [-0.15, -0.1) is 0 Å². The van der Waals surface area contributed by atoms with E-state index in [1.54, 1.807) is 10.6 Å². The van der Waals surface area contributed by atoms with Crippen LogP contribution in [0.15, 0.2) is 40.3 Å². The third-order valence-corrected chi connectivity index (χ3v) is 5.16. The second-order valence-corrected chi connectivity index (χ2v) is 8.12. The topological polar surface area (TPSA) is 64.0 Å². The van der Waals surface area contributed by atoms with Crippen molar-refractivity contribution in [1.82, 2.24) is 9.55 Å². The number of aromatic nitrogens is 2. The number of benzene rings is 1. The highest BCUT2D eigenvalue weighted by molar-refractivity contribution is 7.99. The van der Waals surface area contributed by atoms with Gasteiger partial charge in [-0.2, -0.15) is 0 Å². The summed E-state index contributed by atoms with van der Waals surface area (Å²) in [7, 11) is 0. The Labute approximate surface area is 149 Å². The maximum atomic E-state index is 13.2. The minimum Gasteiger partial charge on any atom is -0.326 e. The molecule has 7 heteroatoms. The van der Waals surface area contributed by atoms with Gasteiger partial charge in [0.1, 0.15) is 5.82 Å². The Morgan fingerprint density at radius 1 is 1.36 bits per heavy atom. The van der Waals surface area contributed by atoms with Gasteiger partial charge in [-0.3, -0.25) is 14.2 Å². The van der Waals surface area contributed by atoms with Gasteiger partial charge in [-0.1, -0.05) is 38.6 Å². The summed E-state index contributed by atoms with van der Waals surface area (Å²) in [5, 5.41) is 3.36. The molecule has 0 saturated heterocycles. The molecule has 1 N–H and O–H groups in total. The van der Waals surface area contributed by atoms with Crippen molar-refractivity contribution in [2.45, 2.75) is 37.9 Å². The van der Waals surface area contributed by atoms with E-state index in [0.717, 1.165) is 5.69 Å². The Kier molecular flexibility index (Phi) is 4.69. The number of halogens is 1. The fourth-order valence-electron chi connectivity index (χ4n) is 2.56. The van der Waals surface area contributed by atoms with Gasteiger partial charge in [0.2, 0.25) is 5.91 Å². The lowest BCUT2D eigenvalue weighted by Crippen LogP contribution is -2.37. The largest absolute Gasteiger partial charge is 0.326 e. The highest BCUT2D eigenvalue weighted by Crippen LogP contribution is 2.28. The molecule has 0 bridgehead atoms. The molecule has 5 nitrogen and oxygen atoms in total. The maximum absolute atomic E-state index is 13.2. The molecule has 3 rings (SSSR count). The summed E-state index contributed by atoms with van der Waals surface area (Å²) in [4.78, 5) is 29.5. The predicted molar refractivity (Wildman–Crippen MR) is 96.4 cm³/mol. The van der Waals surface area contributed by atoms with Crippen LogP contribution in [-0.2, 0) is 16.8 Å². The average molecular weight is 361 g/mol. The van der Waals surface area contributed by atoms with Crippen LogP contribution in [0.4, 0.5) is 10.1 Å². The quantitative estimate of drug-likeness (QED) is 0.835. The Balaban J connectivity index is 1.79. The van der Waals surface area contributed by atoms with Gasteiger partial charge in [0.05, 0.1) is 11.6 Å². The van der Waals surface area contributed by atoms with Crippen LogP contribution in [-0.4, -0.2) is 21.2 Å². The number of nitrogens with one attached hydrogen (secondary N) is 1. The molecule has 0 aliphatic carbocycles. The molecule has 1 aromatic heterocycles. The number of carbonyl (C=O) groups is 1. The molecule has 2 aromatic rings. The Morgan fingerprint density at radius 3 is 2.80 bits per heavy atom. The number of rotatable bonds is 2. The second kappa shape index (κ2) is 6.63. The monoisotopic (exact) mass is 361 g/mol. The van der Waals surface area contributed by atoms with Crippen LogP contribution in [0.3, 0.4) is 0 Å². The lowest BCUT2D eigenvalue weighted by molar-refractivity contribution is -0.119. The molecular formula is C18H20FN3O2S. The SMILES string of the molecule is CC(C)(C)c1cc(=O)n2c(n1)SCC(C(=O)Nc1cccc(F)c1)C2. The van der Waals surface area contributed by atoms with Crippen molar-refractivity contribution in [2.24, 2.45) is 5.92 Å². The Hall–Kier alpha value is -2.15. The fourth-order valence-corrected chi connectivity index (χ4v) is 3.65. The second-order valence-electron chi connectivity index (χ2n) is 7.13. The first-order chi connectivity index (χ1) is 11.7. The van der Waals surface area contributed by atoms with E-state index in [1.165, 1.54) is 36.0 Å². The van der Waals surface area contributed by atoms with Crippen molar-refractivity contribution >= 4 is 23.4 Å². The van der Waals surface area contributed by atoms with Crippen LogP contribution < -0.4 is 10.9 Å². The van der Waals surface area contributed by atoms with Crippen LogP contribution in [0.2, 0.25) is 0 Å². The number of anilines is 1. The number of thioether (sulfide) groups is 1. The van der Waals surface area contributed by atoms with E-state index in [-0.39, 0.29) is 29.3 Å². The zero-order valence-electron chi connectivity index (χ0n) is 14.4. The molecule has 25 heavy (non-hydrogen) atoms. The minimum atomic E-state index is -0.406. The summed E-state index contributed by atoms with van der Waals surface area (Å²) in [6.07, 6.45) is 0. The van der Waals surface area contributed by atoms with Crippen LogP contribution in [0.25, 0.3) is 0 Å². The molecule has 1 unspecified atom stereocenters. The van der Waals surface area contributed by atoms with Crippen LogP contribution in [0.1, 0.15) is 26.5 Å². The highest BCUT2D eigenvalue weighted by Gasteiger charge is 2.28. The summed E-state index contributed by atoms with van der Waals surface area (Å²) < 4.78 is 14.8. The third kappa shape index (κ3) is 3.92. The number of hydrogen-bond donors (Lipinski definition) is 1. The predicted octanol–water partition coefficient (Wildman–Crippen LogP) is 3.04. The van der Waals surface area contributed by atoms with E-state index in [0.29, 0.717) is 16.6 Å². The summed E-state index contributed by atoms with van der Waals surface area (Å²) >= 11 is 1.40. The molecular weight excluding hydrogens is 341 g/mol. The van der Waals surface area contributed by atoms with E-state index in [4.69, 9.17) is 0 Å². The fraction of sp³-hybridized carbons (Fsp3) is 0.389. The van der Waals surface area contributed by atoms with Crippen LogP contribution >= 0.6 is 11.8 Å². The van der Waals surface area contributed by atoms with Gasteiger partial charge in [-0.25, -0.2) is 9.37 Å². The molecule has 0 radical (unpaired) electrons. The van der Waals surface area contributed by atoms with E-state index >= 15 is 0 Å². The lowest BCUT2D eigenvalue weighted by Gasteiger charge is -2.26. The molecule has 1 aliphatic heterocycles. The van der Waals surface area contributed by atoms with Crippen molar-refractivity contribution in [2.75, 3.05) is 11.1 Å². The summed E-state index contributed by atoms with van der Waals surface area (Å²) in [6.45, 7) is 6.30. The summed E-state index contributed by atoms with van der Waals surface area (Å²) in [5.74, 6) is -0.478. The van der Waals surface area contributed by atoms with Crippen LogP contribution in [0.5, 0.6) is 0 Å². The summed E-state index contributed by atoms with van der Waals surface area (Å²) in [6, 6.07) is 7.30. The molecule has 0 saturated carbocycles. The molecule has 1 amide bonds. The van der Waals surface area contributed by atoms with Crippen molar-refractivity contribution in [3.8, 4) is 0 Å². The highest BCUT2D eigenvalue weighted by atomic mass is 32.2. The van der Waals surface area contributed by atoms with Crippen molar-refractivity contribution in [3.63, 3.8) is 0 Å². The van der Waals surface area contributed by atoms with Crippen molar-refractivity contribution < 1.29 is 9.18 Å². The van der Waals surface area contributed by atoms with Gasteiger partial charge < -0.3 is 5.32 Å². The normalized spacial score (nSPS) is 17.0. The lowest BCUT2D eigenvalue weighted by atomic mass is 9.92. The zero-order chi connectivity index (χ0) is 18.2.